The van der Waals surface area contributed by atoms with E-state index in [1.54, 1.807) is 6.07 Å². The van der Waals surface area contributed by atoms with Crippen LogP contribution < -0.4 is 0 Å². The molecule has 0 spiro atoms. The molecule has 0 fully saturated rings. The molecule has 0 heterocycles. The standard InChI is InChI=1S/C30H31F/c1-3-5-7-9-24-11-13-25(14-12-24)15-16-26-17-20-28(21-18-26)29-22-19-27(23-30(29)31)10-8-6-4-2/h3,5,11-14,17-23H,4,6-10H2,1-2H3/b5-3+. The molecule has 3 rings (SSSR count). The Hall–Kier alpha value is -3.11. The summed E-state index contributed by atoms with van der Waals surface area (Å²) >= 11 is 0. The Bertz CT molecular complexity index is 1040. The summed E-state index contributed by atoms with van der Waals surface area (Å²) in [5.74, 6) is 6.28. The second-order valence-corrected chi connectivity index (χ2v) is 7.90. The zero-order valence-corrected chi connectivity index (χ0v) is 18.6. The number of rotatable bonds is 8. The van der Waals surface area contributed by atoms with Crippen LogP contribution in [-0.2, 0) is 12.8 Å². The molecule has 0 aromatic heterocycles. The zero-order valence-electron chi connectivity index (χ0n) is 18.6. The fraction of sp³-hybridized carbons (Fsp3) is 0.267. The van der Waals surface area contributed by atoms with Crippen LogP contribution in [0.5, 0.6) is 0 Å². The minimum Gasteiger partial charge on any atom is -0.206 e. The van der Waals surface area contributed by atoms with Gasteiger partial charge >= 0.3 is 0 Å². The summed E-state index contributed by atoms with van der Waals surface area (Å²) < 4.78 is 14.6. The first-order chi connectivity index (χ1) is 15.2. The second-order valence-electron chi connectivity index (χ2n) is 7.90. The first kappa shape index (κ1) is 22.6. The molecule has 0 N–H and O–H groups in total. The van der Waals surface area contributed by atoms with Crippen LogP contribution in [0.15, 0.2) is 78.9 Å². The van der Waals surface area contributed by atoms with E-state index in [1.165, 1.54) is 18.4 Å². The quantitative estimate of drug-likeness (QED) is 0.200. The Morgan fingerprint density at radius 2 is 1.42 bits per heavy atom. The Morgan fingerprint density at radius 1 is 0.774 bits per heavy atom. The molecule has 0 aliphatic rings. The summed E-state index contributed by atoms with van der Waals surface area (Å²) in [6.45, 7) is 4.23. The highest BCUT2D eigenvalue weighted by Gasteiger charge is 2.06. The van der Waals surface area contributed by atoms with E-state index in [2.05, 4.69) is 55.2 Å². The van der Waals surface area contributed by atoms with Crippen molar-refractivity contribution in [2.45, 2.75) is 52.4 Å². The summed E-state index contributed by atoms with van der Waals surface area (Å²) in [6.07, 6.45) is 10.8. The normalized spacial score (nSPS) is 10.8. The van der Waals surface area contributed by atoms with Gasteiger partial charge in [-0.25, -0.2) is 4.39 Å². The lowest BCUT2D eigenvalue weighted by Crippen LogP contribution is -1.90. The number of hydrogen-bond donors (Lipinski definition) is 0. The van der Waals surface area contributed by atoms with Gasteiger partial charge in [0.1, 0.15) is 5.82 Å². The fourth-order valence-corrected chi connectivity index (χ4v) is 3.58. The van der Waals surface area contributed by atoms with Crippen LogP contribution in [0.1, 0.15) is 61.8 Å². The highest BCUT2D eigenvalue weighted by molar-refractivity contribution is 5.65. The molecular formula is C30H31F. The van der Waals surface area contributed by atoms with Crippen molar-refractivity contribution < 1.29 is 4.39 Å². The summed E-state index contributed by atoms with van der Waals surface area (Å²) in [5, 5.41) is 0. The third-order valence-corrected chi connectivity index (χ3v) is 5.44. The monoisotopic (exact) mass is 410 g/mol. The van der Waals surface area contributed by atoms with Crippen LogP contribution in [0.3, 0.4) is 0 Å². The predicted octanol–water partition coefficient (Wildman–Crippen LogP) is 8.13. The van der Waals surface area contributed by atoms with Crippen molar-refractivity contribution in [2.24, 2.45) is 0 Å². The molecular weight excluding hydrogens is 379 g/mol. The van der Waals surface area contributed by atoms with Gasteiger partial charge in [-0.3, -0.25) is 0 Å². The van der Waals surface area contributed by atoms with Gasteiger partial charge in [0, 0.05) is 16.7 Å². The van der Waals surface area contributed by atoms with Gasteiger partial charge < -0.3 is 0 Å². The van der Waals surface area contributed by atoms with E-state index in [-0.39, 0.29) is 5.82 Å². The van der Waals surface area contributed by atoms with E-state index in [4.69, 9.17) is 0 Å². The SMILES string of the molecule is C/C=C/CCc1ccc(C#Cc2ccc(-c3ccc(CCCCC)cc3F)cc2)cc1. The largest absolute Gasteiger partial charge is 0.206 e. The molecule has 1 heteroatoms. The molecule has 0 atom stereocenters. The number of aryl methyl sites for hydroxylation is 2. The molecule has 0 radical (unpaired) electrons. The van der Waals surface area contributed by atoms with Gasteiger partial charge in [0.2, 0.25) is 0 Å². The summed E-state index contributed by atoms with van der Waals surface area (Å²) in [7, 11) is 0. The first-order valence-corrected chi connectivity index (χ1v) is 11.3. The highest BCUT2D eigenvalue weighted by atomic mass is 19.1. The zero-order chi connectivity index (χ0) is 21.9. The lowest BCUT2D eigenvalue weighted by Gasteiger charge is -2.07. The second kappa shape index (κ2) is 11.9. The molecule has 31 heavy (non-hydrogen) atoms. The minimum atomic E-state index is -0.151. The van der Waals surface area contributed by atoms with Crippen molar-refractivity contribution in [3.63, 3.8) is 0 Å². The number of allylic oxidation sites excluding steroid dienone is 2. The Balaban J connectivity index is 1.64. The van der Waals surface area contributed by atoms with Crippen LogP contribution in [0, 0.1) is 17.7 Å². The maximum absolute atomic E-state index is 14.6. The molecule has 158 valence electrons. The summed E-state index contributed by atoms with van der Waals surface area (Å²) in [4.78, 5) is 0. The van der Waals surface area contributed by atoms with Crippen LogP contribution in [0.25, 0.3) is 11.1 Å². The van der Waals surface area contributed by atoms with E-state index < -0.39 is 0 Å². The van der Waals surface area contributed by atoms with E-state index in [9.17, 15) is 4.39 Å². The molecule has 0 aliphatic heterocycles. The predicted molar refractivity (Wildman–Crippen MR) is 131 cm³/mol. The molecule has 0 aliphatic carbocycles. The smallest absolute Gasteiger partial charge is 0.131 e. The lowest BCUT2D eigenvalue weighted by atomic mass is 9.99. The molecule has 3 aromatic carbocycles. The number of unbranched alkanes of at least 4 members (excludes halogenated alkanes) is 2. The van der Waals surface area contributed by atoms with Crippen molar-refractivity contribution >= 4 is 0 Å². The third-order valence-electron chi connectivity index (χ3n) is 5.44. The summed E-state index contributed by atoms with van der Waals surface area (Å²) in [6, 6.07) is 21.9. The summed E-state index contributed by atoms with van der Waals surface area (Å²) in [5.41, 5.74) is 5.86. The number of hydrogen-bond acceptors (Lipinski definition) is 0. The molecule has 3 aromatic rings. The fourth-order valence-electron chi connectivity index (χ4n) is 3.58. The highest BCUT2D eigenvalue weighted by Crippen LogP contribution is 2.24. The maximum Gasteiger partial charge on any atom is 0.131 e. The molecule has 0 saturated heterocycles. The molecule has 0 nitrogen and oxygen atoms in total. The van der Waals surface area contributed by atoms with Crippen molar-refractivity contribution in [1.29, 1.82) is 0 Å². The van der Waals surface area contributed by atoms with Gasteiger partial charge in [-0.15, -0.1) is 0 Å². The van der Waals surface area contributed by atoms with Crippen molar-refractivity contribution in [2.75, 3.05) is 0 Å². The Morgan fingerprint density at radius 3 is 2.03 bits per heavy atom. The van der Waals surface area contributed by atoms with E-state index in [1.807, 2.05) is 43.3 Å². The average Bonchev–Trinajstić information content (AvgIpc) is 2.79. The van der Waals surface area contributed by atoms with Gasteiger partial charge in [0.25, 0.3) is 0 Å². The molecule has 0 unspecified atom stereocenters. The van der Waals surface area contributed by atoms with Crippen LogP contribution >= 0.6 is 0 Å². The minimum absolute atomic E-state index is 0.151. The van der Waals surface area contributed by atoms with Gasteiger partial charge in [-0.1, -0.05) is 80.2 Å². The van der Waals surface area contributed by atoms with Crippen molar-refractivity contribution in [3.05, 3.63) is 107 Å². The number of halogens is 1. The lowest BCUT2D eigenvalue weighted by molar-refractivity contribution is 0.626. The van der Waals surface area contributed by atoms with Crippen LogP contribution in [0.2, 0.25) is 0 Å². The van der Waals surface area contributed by atoms with Crippen molar-refractivity contribution in [1.82, 2.24) is 0 Å². The van der Waals surface area contributed by atoms with Gasteiger partial charge in [-0.05, 0) is 79.6 Å². The average molecular weight is 411 g/mol. The molecule has 0 bridgehead atoms. The third kappa shape index (κ3) is 6.97. The van der Waals surface area contributed by atoms with E-state index >= 15 is 0 Å². The Kier molecular flexibility index (Phi) is 8.68. The molecule has 0 saturated carbocycles. The van der Waals surface area contributed by atoms with Crippen LogP contribution in [0.4, 0.5) is 4.39 Å². The van der Waals surface area contributed by atoms with E-state index in [0.717, 1.165) is 47.9 Å². The van der Waals surface area contributed by atoms with Crippen molar-refractivity contribution in [3.8, 4) is 23.0 Å². The van der Waals surface area contributed by atoms with Gasteiger partial charge in [0.15, 0.2) is 0 Å². The Labute approximate surface area is 186 Å². The van der Waals surface area contributed by atoms with E-state index in [0.29, 0.717) is 5.56 Å². The van der Waals surface area contributed by atoms with Gasteiger partial charge in [0.05, 0.1) is 0 Å². The van der Waals surface area contributed by atoms with Gasteiger partial charge in [-0.2, -0.15) is 0 Å². The first-order valence-electron chi connectivity index (χ1n) is 11.3. The topological polar surface area (TPSA) is 0 Å². The van der Waals surface area contributed by atoms with Crippen LogP contribution in [-0.4, -0.2) is 0 Å². The molecule has 0 amide bonds. The number of benzene rings is 3. The maximum atomic E-state index is 14.6.